The minimum Gasteiger partial charge on any atom is -0.480 e. The van der Waals surface area contributed by atoms with Crippen molar-refractivity contribution in [2.24, 2.45) is 0 Å². The summed E-state index contributed by atoms with van der Waals surface area (Å²) in [4.78, 5) is 22.2. The minimum absolute atomic E-state index is 0.0341. The first kappa shape index (κ1) is 14.9. The Kier molecular flexibility index (Phi) is 4.83. The zero-order chi connectivity index (χ0) is 14.6. The molecule has 1 aromatic carbocycles. The van der Waals surface area contributed by atoms with Crippen LogP contribution in [0.3, 0.4) is 0 Å². The lowest BCUT2D eigenvalue weighted by molar-refractivity contribution is -0.136. The molecule has 0 fully saturated rings. The van der Waals surface area contributed by atoms with Crippen molar-refractivity contribution in [1.82, 2.24) is 0 Å². The lowest BCUT2D eigenvalue weighted by atomic mass is 10.2. The van der Waals surface area contributed by atoms with Crippen LogP contribution in [0, 0.1) is 17.1 Å². The van der Waals surface area contributed by atoms with Gasteiger partial charge in [0.05, 0.1) is 15.7 Å². The summed E-state index contributed by atoms with van der Waals surface area (Å²) in [7, 11) is 0. The molecule has 0 saturated heterocycles. The summed E-state index contributed by atoms with van der Waals surface area (Å²) < 4.78 is 13.8. The van der Waals surface area contributed by atoms with Crippen molar-refractivity contribution in [2.45, 2.75) is 0 Å². The van der Waals surface area contributed by atoms with E-state index < -0.39 is 30.8 Å². The standard InChI is InChI=1S/C11H8BrFN2O4/c12-10-6(3-14)1-2-7(11(10)13)15(4-8(16)17)5-9(18)19/h1-2H,4-5H2,(H,16,17)(H,18,19). The van der Waals surface area contributed by atoms with Crippen LogP contribution in [-0.4, -0.2) is 35.2 Å². The summed E-state index contributed by atoms with van der Waals surface area (Å²) in [5.41, 5.74) is -0.164. The number of anilines is 1. The molecule has 6 nitrogen and oxygen atoms in total. The van der Waals surface area contributed by atoms with Crippen molar-refractivity contribution >= 4 is 33.6 Å². The number of nitriles is 1. The maximum atomic E-state index is 14.0. The molecular weight excluding hydrogens is 323 g/mol. The molecule has 0 radical (unpaired) electrons. The molecule has 0 amide bonds. The highest BCUT2D eigenvalue weighted by Gasteiger charge is 2.20. The van der Waals surface area contributed by atoms with Crippen LogP contribution in [0.5, 0.6) is 0 Å². The molecule has 0 atom stereocenters. The van der Waals surface area contributed by atoms with Gasteiger partial charge in [0.25, 0.3) is 0 Å². The third kappa shape index (κ3) is 3.66. The van der Waals surface area contributed by atoms with Gasteiger partial charge in [-0.1, -0.05) is 0 Å². The quantitative estimate of drug-likeness (QED) is 0.846. The average Bonchev–Trinajstić information content (AvgIpc) is 2.30. The Morgan fingerprint density at radius 3 is 2.26 bits per heavy atom. The third-order valence-corrected chi connectivity index (χ3v) is 2.95. The van der Waals surface area contributed by atoms with E-state index >= 15 is 0 Å². The summed E-state index contributed by atoms with van der Waals surface area (Å²) >= 11 is 2.87. The maximum Gasteiger partial charge on any atom is 0.323 e. The van der Waals surface area contributed by atoms with Gasteiger partial charge in [0.2, 0.25) is 0 Å². The normalized spacial score (nSPS) is 9.74. The number of aliphatic carboxylic acids is 2. The van der Waals surface area contributed by atoms with Crippen molar-refractivity contribution < 1.29 is 24.2 Å². The first-order valence-electron chi connectivity index (χ1n) is 4.93. The number of benzene rings is 1. The highest BCUT2D eigenvalue weighted by Crippen LogP contribution is 2.29. The topological polar surface area (TPSA) is 102 Å². The van der Waals surface area contributed by atoms with E-state index in [0.29, 0.717) is 0 Å². The van der Waals surface area contributed by atoms with Crippen LogP contribution in [0.25, 0.3) is 0 Å². The lowest BCUT2D eigenvalue weighted by Crippen LogP contribution is -2.35. The van der Waals surface area contributed by atoms with Crippen molar-refractivity contribution in [3.63, 3.8) is 0 Å². The Hall–Kier alpha value is -2.14. The van der Waals surface area contributed by atoms with Gasteiger partial charge >= 0.3 is 11.9 Å². The molecular formula is C11H8BrFN2O4. The monoisotopic (exact) mass is 330 g/mol. The number of carboxylic acid groups (broad SMARTS) is 2. The molecule has 0 aliphatic rings. The predicted octanol–water partition coefficient (Wildman–Crippen LogP) is 1.44. The van der Waals surface area contributed by atoms with Crippen LogP contribution in [-0.2, 0) is 9.59 Å². The molecule has 8 heteroatoms. The second kappa shape index (κ2) is 6.15. The fourth-order valence-electron chi connectivity index (χ4n) is 1.42. The largest absolute Gasteiger partial charge is 0.480 e. The number of carboxylic acids is 2. The van der Waals surface area contributed by atoms with Gasteiger partial charge in [0.1, 0.15) is 19.2 Å². The van der Waals surface area contributed by atoms with E-state index in [0.717, 1.165) is 4.90 Å². The highest BCUT2D eigenvalue weighted by molar-refractivity contribution is 9.10. The van der Waals surface area contributed by atoms with E-state index in [4.69, 9.17) is 15.5 Å². The summed E-state index contributed by atoms with van der Waals surface area (Å²) in [6, 6.07) is 4.19. The minimum atomic E-state index is -1.29. The van der Waals surface area contributed by atoms with E-state index in [1.807, 2.05) is 0 Å². The van der Waals surface area contributed by atoms with Crippen LogP contribution in [0.2, 0.25) is 0 Å². The molecule has 100 valence electrons. The molecule has 0 aromatic heterocycles. The number of hydrogen-bond donors (Lipinski definition) is 2. The first-order valence-corrected chi connectivity index (χ1v) is 5.72. The number of nitrogens with zero attached hydrogens (tertiary/aromatic N) is 2. The van der Waals surface area contributed by atoms with Gasteiger partial charge in [-0.15, -0.1) is 0 Å². The molecule has 0 saturated carbocycles. The van der Waals surface area contributed by atoms with E-state index in [-0.39, 0.29) is 15.7 Å². The second-order valence-electron chi connectivity index (χ2n) is 3.52. The summed E-state index contributed by atoms with van der Waals surface area (Å²) in [5, 5.41) is 26.1. The molecule has 0 aliphatic carbocycles. The molecule has 2 N–H and O–H groups in total. The predicted molar refractivity (Wildman–Crippen MR) is 66.3 cm³/mol. The van der Waals surface area contributed by atoms with Crippen LogP contribution in [0.15, 0.2) is 16.6 Å². The molecule has 1 aromatic rings. The Bertz CT molecular complexity index is 555. The fraction of sp³-hybridized carbons (Fsp3) is 0.182. The van der Waals surface area contributed by atoms with Crippen LogP contribution < -0.4 is 4.90 Å². The van der Waals surface area contributed by atoms with Crippen molar-refractivity contribution in [1.29, 1.82) is 5.26 Å². The van der Waals surface area contributed by atoms with Crippen molar-refractivity contribution in [3.05, 3.63) is 28.0 Å². The Morgan fingerprint density at radius 1 is 1.32 bits per heavy atom. The van der Waals surface area contributed by atoms with Crippen molar-refractivity contribution in [2.75, 3.05) is 18.0 Å². The maximum absolute atomic E-state index is 14.0. The van der Waals surface area contributed by atoms with E-state index in [1.165, 1.54) is 12.1 Å². The number of hydrogen-bond acceptors (Lipinski definition) is 4. The molecule has 0 unspecified atom stereocenters. The smallest absolute Gasteiger partial charge is 0.323 e. The molecule has 0 heterocycles. The van der Waals surface area contributed by atoms with Gasteiger partial charge in [-0.2, -0.15) is 5.26 Å². The van der Waals surface area contributed by atoms with E-state index in [9.17, 15) is 14.0 Å². The van der Waals surface area contributed by atoms with Crippen LogP contribution >= 0.6 is 15.9 Å². The van der Waals surface area contributed by atoms with Gasteiger partial charge in [0.15, 0.2) is 5.82 Å². The van der Waals surface area contributed by atoms with E-state index in [1.54, 1.807) is 6.07 Å². The number of rotatable bonds is 5. The number of halogens is 2. The second-order valence-corrected chi connectivity index (χ2v) is 4.31. The van der Waals surface area contributed by atoms with Crippen LogP contribution in [0.1, 0.15) is 5.56 Å². The fourth-order valence-corrected chi connectivity index (χ4v) is 1.85. The summed E-state index contributed by atoms with van der Waals surface area (Å²) in [6.07, 6.45) is 0. The Balaban J connectivity index is 3.23. The average molecular weight is 331 g/mol. The third-order valence-electron chi connectivity index (χ3n) is 2.18. The van der Waals surface area contributed by atoms with Gasteiger partial charge in [-0.25, -0.2) is 4.39 Å². The number of carbonyl (C=O) groups is 2. The van der Waals surface area contributed by atoms with E-state index in [2.05, 4.69) is 15.9 Å². The zero-order valence-electron chi connectivity index (χ0n) is 9.43. The Morgan fingerprint density at radius 2 is 1.84 bits per heavy atom. The highest BCUT2D eigenvalue weighted by atomic mass is 79.9. The summed E-state index contributed by atoms with van der Waals surface area (Å²) in [6.45, 7) is -1.33. The molecule has 0 bridgehead atoms. The lowest BCUT2D eigenvalue weighted by Gasteiger charge is -2.21. The molecule has 19 heavy (non-hydrogen) atoms. The van der Waals surface area contributed by atoms with Gasteiger partial charge in [0, 0.05) is 0 Å². The summed E-state index contributed by atoms with van der Waals surface area (Å²) in [5.74, 6) is -3.45. The Labute approximate surface area is 115 Å². The molecule has 1 rings (SSSR count). The van der Waals surface area contributed by atoms with Crippen molar-refractivity contribution in [3.8, 4) is 6.07 Å². The SMILES string of the molecule is N#Cc1ccc(N(CC(=O)O)CC(=O)O)c(F)c1Br. The zero-order valence-corrected chi connectivity index (χ0v) is 11.0. The van der Waals surface area contributed by atoms with Gasteiger partial charge in [-0.05, 0) is 28.1 Å². The molecule has 0 spiro atoms. The first-order chi connectivity index (χ1) is 8.86. The van der Waals surface area contributed by atoms with Gasteiger partial charge < -0.3 is 15.1 Å². The van der Waals surface area contributed by atoms with Gasteiger partial charge in [-0.3, -0.25) is 9.59 Å². The molecule has 0 aliphatic heterocycles. The van der Waals surface area contributed by atoms with Crippen LogP contribution in [0.4, 0.5) is 10.1 Å².